The second-order valence-electron chi connectivity index (χ2n) is 3.72. The third kappa shape index (κ3) is 1.63. The van der Waals surface area contributed by atoms with E-state index in [-0.39, 0.29) is 6.04 Å². The molecule has 0 saturated carbocycles. The Balaban J connectivity index is 2.41. The zero-order valence-electron chi connectivity index (χ0n) is 8.57. The van der Waals surface area contributed by atoms with E-state index in [0.29, 0.717) is 5.17 Å². The lowest BCUT2D eigenvalue weighted by Gasteiger charge is -2.27. The Bertz CT molecular complexity index is 390. The number of rotatable bonds is 2. The van der Waals surface area contributed by atoms with Crippen LogP contribution < -0.4 is 5.32 Å². The maximum Gasteiger partial charge on any atom is 0.258 e. The largest absolute Gasteiger partial charge is 0.457 e. The van der Waals surface area contributed by atoms with Crippen LogP contribution in [0, 0.1) is 0 Å². The van der Waals surface area contributed by atoms with E-state index < -0.39 is 5.60 Å². The first-order chi connectivity index (χ1) is 7.16. The fourth-order valence-electron chi connectivity index (χ4n) is 1.84. The maximum absolute atomic E-state index is 5.69. The van der Waals surface area contributed by atoms with Gasteiger partial charge in [0.05, 0.1) is 6.04 Å². The lowest BCUT2D eigenvalue weighted by molar-refractivity contribution is 0.0974. The van der Waals surface area contributed by atoms with Gasteiger partial charge in [-0.3, -0.25) is 0 Å². The average molecular weight is 219 g/mol. The van der Waals surface area contributed by atoms with E-state index in [0.717, 1.165) is 5.56 Å². The molecule has 1 aliphatic heterocycles. The zero-order chi connectivity index (χ0) is 10.9. The number of hydrogen-bond donors (Lipinski definition) is 1. The molecule has 1 aliphatic rings. The number of hydrogen-bond acceptors (Lipinski definition) is 2. The summed E-state index contributed by atoms with van der Waals surface area (Å²) in [6, 6.07) is 10.1. The van der Waals surface area contributed by atoms with Gasteiger partial charge in [0.25, 0.3) is 5.17 Å². The lowest BCUT2D eigenvalue weighted by Crippen LogP contribution is -2.36. The fraction of sp³-hybridized carbons (Fsp3) is 0.250. The van der Waals surface area contributed by atoms with Crippen molar-refractivity contribution >= 4 is 17.4 Å². The molecule has 2 nitrogen and oxygen atoms in total. The van der Waals surface area contributed by atoms with Crippen LogP contribution in [0.3, 0.4) is 0 Å². The summed E-state index contributed by atoms with van der Waals surface area (Å²) in [6.07, 6.45) is 1.83. The molecule has 1 fully saturated rings. The molecule has 78 valence electrons. The molecule has 1 aromatic carbocycles. The SMILES string of the molecule is C=C[C@H]1NC(=S)O[C@]1(C)c1ccccc1. The molecule has 15 heavy (non-hydrogen) atoms. The molecule has 0 aliphatic carbocycles. The molecule has 3 heteroatoms. The third-order valence-corrected chi connectivity index (χ3v) is 2.96. The molecule has 0 radical (unpaired) electrons. The average Bonchev–Trinajstić information content (AvgIpc) is 2.56. The van der Waals surface area contributed by atoms with Gasteiger partial charge in [-0.1, -0.05) is 36.4 Å². The molecule has 0 amide bonds. The maximum atomic E-state index is 5.69. The van der Waals surface area contributed by atoms with Gasteiger partial charge in [0.15, 0.2) is 5.60 Å². The van der Waals surface area contributed by atoms with E-state index >= 15 is 0 Å². The molecular weight excluding hydrogens is 206 g/mol. The zero-order valence-corrected chi connectivity index (χ0v) is 9.38. The van der Waals surface area contributed by atoms with E-state index in [1.54, 1.807) is 0 Å². The molecule has 2 atom stereocenters. The summed E-state index contributed by atoms with van der Waals surface area (Å²) in [5.74, 6) is 0. The van der Waals surface area contributed by atoms with Crippen LogP contribution in [-0.2, 0) is 10.3 Å². The van der Waals surface area contributed by atoms with E-state index in [1.807, 2.05) is 43.3 Å². The van der Waals surface area contributed by atoms with Gasteiger partial charge in [0, 0.05) is 0 Å². The first-order valence-corrected chi connectivity index (χ1v) is 5.25. The topological polar surface area (TPSA) is 21.3 Å². The van der Waals surface area contributed by atoms with Crippen molar-refractivity contribution < 1.29 is 4.74 Å². The second-order valence-corrected chi connectivity index (χ2v) is 4.09. The summed E-state index contributed by atoms with van der Waals surface area (Å²) in [6.45, 7) is 5.81. The van der Waals surface area contributed by atoms with Gasteiger partial charge >= 0.3 is 0 Å². The monoisotopic (exact) mass is 219 g/mol. The van der Waals surface area contributed by atoms with Crippen LogP contribution in [0.25, 0.3) is 0 Å². The summed E-state index contributed by atoms with van der Waals surface area (Å²) in [5.41, 5.74) is 0.655. The predicted molar refractivity (Wildman–Crippen MR) is 64.6 cm³/mol. The predicted octanol–water partition coefficient (Wildman–Crippen LogP) is 2.36. The van der Waals surface area contributed by atoms with Crippen LogP contribution in [0.1, 0.15) is 12.5 Å². The minimum atomic E-state index is -0.444. The number of benzene rings is 1. The van der Waals surface area contributed by atoms with Crippen LogP contribution in [0.4, 0.5) is 0 Å². The molecule has 0 bridgehead atoms. The van der Waals surface area contributed by atoms with E-state index in [4.69, 9.17) is 17.0 Å². The summed E-state index contributed by atoms with van der Waals surface area (Å²) in [4.78, 5) is 0. The first-order valence-electron chi connectivity index (χ1n) is 4.84. The quantitative estimate of drug-likeness (QED) is 0.609. The van der Waals surface area contributed by atoms with Crippen LogP contribution in [-0.4, -0.2) is 11.2 Å². The van der Waals surface area contributed by atoms with Crippen LogP contribution >= 0.6 is 12.2 Å². The highest BCUT2D eigenvalue weighted by Gasteiger charge is 2.43. The molecule has 0 unspecified atom stereocenters. The van der Waals surface area contributed by atoms with Gasteiger partial charge in [0.2, 0.25) is 0 Å². The van der Waals surface area contributed by atoms with E-state index in [9.17, 15) is 0 Å². The number of ether oxygens (including phenoxy) is 1. The smallest absolute Gasteiger partial charge is 0.258 e. The van der Waals surface area contributed by atoms with Crippen molar-refractivity contribution in [2.75, 3.05) is 0 Å². The minimum Gasteiger partial charge on any atom is -0.457 e. The highest BCUT2D eigenvalue weighted by atomic mass is 32.1. The van der Waals surface area contributed by atoms with Gasteiger partial charge in [-0.15, -0.1) is 6.58 Å². The summed E-state index contributed by atoms with van der Waals surface area (Å²) >= 11 is 5.03. The Morgan fingerprint density at radius 2 is 2.13 bits per heavy atom. The van der Waals surface area contributed by atoms with Gasteiger partial charge in [-0.05, 0) is 24.7 Å². The molecule has 1 aromatic rings. The molecular formula is C12H13NOS. The second kappa shape index (κ2) is 3.66. The molecule has 2 rings (SSSR count). The Morgan fingerprint density at radius 3 is 2.73 bits per heavy atom. The van der Waals surface area contributed by atoms with Crippen molar-refractivity contribution in [2.24, 2.45) is 0 Å². The normalized spacial score (nSPS) is 29.4. The summed E-state index contributed by atoms with van der Waals surface area (Å²) in [5, 5.41) is 3.52. The standard InChI is InChI=1S/C12H13NOS/c1-3-10-12(2,14-11(15)13-10)9-7-5-4-6-8-9/h3-8,10H,1H2,2H3,(H,13,15)/t10-,12-/m1/s1. The van der Waals surface area contributed by atoms with Crippen molar-refractivity contribution in [1.82, 2.24) is 5.32 Å². The number of thiocarbonyl (C=S) groups is 1. The third-order valence-electron chi connectivity index (χ3n) is 2.75. The van der Waals surface area contributed by atoms with Crippen LogP contribution in [0.2, 0.25) is 0 Å². The van der Waals surface area contributed by atoms with Crippen molar-refractivity contribution in [2.45, 2.75) is 18.6 Å². The summed E-state index contributed by atoms with van der Waals surface area (Å²) in [7, 11) is 0. The Kier molecular flexibility index (Phi) is 2.49. The molecule has 0 aromatic heterocycles. The van der Waals surface area contributed by atoms with E-state index in [1.165, 1.54) is 0 Å². The molecule has 1 saturated heterocycles. The van der Waals surface area contributed by atoms with Crippen molar-refractivity contribution in [3.05, 3.63) is 48.6 Å². The molecule has 1 heterocycles. The van der Waals surface area contributed by atoms with E-state index in [2.05, 4.69) is 11.9 Å². The van der Waals surface area contributed by atoms with Crippen molar-refractivity contribution in [3.63, 3.8) is 0 Å². The highest BCUT2D eigenvalue weighted by molar-refractivity contribution is 7.80. The molecule has 1 N–H and O–H groups in total. The van der Waals surface area contributed by atoms with Crippen molar-refractivity contribution in [1.29, 1.82) is 0 Å². The molecule has 0 spiro atoms. The van der Waals surface area contributed by atoms with Gasteiger partial charge in [0.1, 0.15) is 0 Å². The van der Waals surface area contributed by atoms with Gasteiger partial charge in [-0.2, -0.15) is 0 Å². The van der Waals surface area contributed by atoms with Crippen LogP contribution in [0.5, 0.6) is 0 Å². The van der Waals surface area contributed by atoms with Crippen molar-refractivity contribution in [3.8, 4) is 0 Å². The fourth-order valence-corrected chi connectivity index (χ4v) is 2.14. The lowest BCUT2D eigenvalue weighted by atomic mass is 9.89. The van der Waals surface area contributed by atoms with Crippen LogP contribution in [0.15, 0.2) is 43.0 Å². The van der Waals surface area contributed by atoms with Gasteiger partial charge < -0.3 is 10.1 Å². The Labute approximate surface area is 94.9 Å². The number of nitrogens with one attached hydrogen (secondary N) is 1. The van der Waals surface area contributed by atoms with Gasteiger partial charge in [-0.25, -0.2) is 0 Å². The minimum absolute atomic E-state index is 0.0207. The first kappa shape index (κ1) is 10.2. The highest BCUT2D eigenvalue weighted by Crippen LogP contribution is 2.33. The Hall–Kier alpha value is -1.35. The summed E-state index contributed by atoms with van der Waals surface area (Å²) < 4.78 is 5.69. The Morgan fingerprint density at radius 1 is 1.47 bits per heavy atom.